The van der Waals surface area contributed by atoms with Crippen LogP contribution in [-0.2, 0) is 0 Å². The zero-order valence-electron chi connectivity index (χ0n) is 13.4. The highest BCUT2D eigenvalue weighted by Crippen LogP contribution is 2.36. The minimum Gasteiger partial charge on any atom is -0.313 e. The van der Waals surface area contributed by atoms with Crippen LogP contribution in [0.3, 0.4) is 0 Å². The molecule has 0 saturated heterocycles. The van der Waals surface area contributed by atoms with Gasteiger partial charge in [0.05, 0.1) is 0 Å². The quantitative estimate of drug-likeness (QED) is 0.745. The van der Waals surface area contributed by atoms with Crippen LogP contribution in [0.15, 0.2) is 29.2 Å². The summed E-state index contributed by atoms with van der Waals surface area (Å²) in [6, 6.07) is 7.60. The molecule has 1 aliphatic rings. The van der Waals surface area contributed by atoms with E-state index in [2.05, 4.69) is 26.1 Å². The van der Waals surface area contributed by atoms with Gasteiger partial charge in [-0.15, -0.1) is 11.8 Å². The van der Waals surface area contributed by atoms with Gasteiger partial charge < -0.3 is 5.32 Å². The predicted octanol–water partition coefficient (Wildman–Crippen LogP) is 4.97. The maximum atomic E-state index is 13.7. The molecule has 1 aromatic rings. The second kappa shape index (κ2) is 8.19. The third kappa shape index (κ3) is 4.72. The highest BCUT2D eigenvalue weighted by atomic mass is 32.2. The van der Waals surface area contributed by atoms with Crippen molar-refractivity contribution in [1.29, 1.82) is 0 Å². The molecule has 0 spiro atoms. The van der Waals surface area contributed by atoms with Gasteiger partial charge in [-0.05, 0) is 49.3 Å². The molecule has 4 atom stereocenters. The summed E-state index contributed by atoms with van der Waals surface area (Å²) < 4.78 is 13.7. The first kappa shape index (κ1) is 16.8. The highest BCUT2D eigenvalue weighted by molar-refractivity contribution is 7.99. The van der Waals surface area contributed by atoms with E-state index < -0.39 is 0 Å². The van der Waals surface area contributed by atoms with Crippen molar-refractivity contribution in [2.75, 3.05) is 12.3 Å². The highest BCUT2D eigenvalue weighted by Gasteiger charge is 2.29. The average Bonchev–Trinajstić information content (AvgIpc) is 2.48. The number of nitrogens with one attached hydrogen (secondary N) is 1. The Morgan fingerprint density at radius 2 is 2.00 bits per heavy atom. The van der Waals surface area contributed by atoms with Crippen LogP contribution in [-0.4, -0.2) is 18.3 Å². The molecule has 1 aromatic carbocycles. The topological polar surface area (TPSA) is 12.0 Å². The molecule has 0 aliphatic heterocycles. The molecule has 1 nitrogen and oxygen atoms in total. The summed E-state index contributed by atoms with van der Waals surface area (Å²) in [5, 5.41) is 3.63. The normalized spacial score (nSPS) is 27.5. The van der Waals surface area contributed by atoms with Crippen molar-refractivity contribution in [3.63, 3.8) is 0 Å². The van der Waals surface area contributed by atoms with E-state index in [1.54, 1.807) is 23.9 Å². The van der Waals surface area contributed by atoms with Crippen molar-refractivity contribution in [3.05, 3.63) is 30.1 Å². The summed E-state index contributed by atoms with van der Waals surface area (Å²) in [6.45, 7) is 7.90. The van der Waals surface area contributed by atoms with Gasteiger partial charge in [-0.2, -0.15) is 0 Å². The molecular formula is C18H28FNS. The fourth-order valence-electron chi connectivity index (χ4n) is 3.32. The fraction of sp³-hybridized carbons (Fsp3) is 0.667. The summed E-state index contributed by atoms with van der Waals surface area (Å²) in [7, 11) is 0. The number of hydrogen-bond acceptors (Lipinski definition) is 2. The Hall–Kier alpha value is -0.540. The Morgan fingerprint density at radius 3 is 2.67 bits per heavy atom. The van der Waals surface area contributed by atoms with E-state index in [4.69, 9.17) is 0 Å². The minimum atomic E-state index is -0.0941. The van der Waals surface area contributed by atoms with E-state index in [0.29, 0.717) is 6.04 Å². The van der Waals surface area contributed by atoms with Gasteiger partial charge in [-0.3, -0.25) is 0 Å². The van der Waals surface area contributed by atoms with Gasteiger partial charge in [0, 0.05) is 16.7 Å². The average molecular weight is 309 g/mol. The van der Waals surface area contributed by atoms with Gasteiger partial charge in [-0.25, -0.2) is 4.39 Å². The molecule has 1 aliphatic carbocycles. The number of halogens is 1. The van der Waals surface area contributed by atoms with Crippen LogP contribution in [0.2, 0.25) is 0 Å². The molecule has 1 saturated carbocycles. The van der Waals surface area contributed by atoms with Gasteiger partial charge in [0.1, 0.15) is 5.82 Å². The zero-order valence-corrected chi connectivity index (χ0v) is 14.3. The zero-order chi connectivity index (χ0) is 15.2. The van der Waals surface area contributed by atoms with Crippen LogP contribution in [0, 0.1) is 23.6 Å². The molecule has 0 radical (unpaired) electrons. The fourth-order valence-corrected chi connectivity index (χ4v) is 4.45. The smallest absolute Gasteiger partial charge is 0.136 e. The third-order valence-electron chi connectivity index (χ3n) is 4.93. The van der Waals surface area contributed by atoms with Crippen LogP contribution in [0.5, 0.6) is 0 Å². The van der Waals surface area contributed by atoms with Crippen LogP contribution in [0.25, 0.3) is 0 Å². The summed E-state index contributed by atoms with van der Waals surface area (Å²) in [4.78, 5) is 0.776. The molecule has 1 N–H and O–H groups in total. The van der Waals surface area contributed by atoms with Crippen LogP contribution < -0.4 is 5.32 Å². The van der Waals surface area contributed by atoms with Gasteiger partial charge in [0.2, 0.25) is 0 Å². The van der Waals surface area contributed by atoms with E-state index in [0.717, 1.165) is 34.9 Å². The lowest BCUT2D eigenvalue weighted by atomic mass is 9.73. The van der Waals surface area contributed by atoms with Crippen LogP contribution in [0.4, 0.5) is 4.39 Å². The molecule has 3 heteroatoms. The molecule has 1 fully saturated rings. The van der Waals surface area contributed by atoms with Gasteiger partial charge >= 0.3 is 0 Å². The molecule has 0 aromatic heterocycles. The number of thioether (sulfide) groups is 1. The van der Waals surface area contributed by atoms with Gasteiger partial charge in [0.15, 0.2) is 0 Å². The molecule has 4 unspecified atom stereocenters. The lowest BCUT2D eigenvalue weighted by Gasteiger charge is -2.37. The summed E-state index contributed by atoms with van der Waals surface area (Å²) in [5.74, 6) is 3.26. The van der Waals surface area contributed by atoms with E-state index >= 15 is 0 Å². The third-order valence-corrected chi connectivity index (χ3v) is 6.10. The van der Waals surface area contributed by atoms with Crippen molar-refractivity contribution in [2.45, 2.75) is 51.0 Å². The lowest BCUT2D eigenvalue weighted by Crippen LogP contribution is -2.41. The van der Waals surface area contributed by atoms with Gasteiger partial charge in [-0.1, -0.05) is 39.3 Å². The molecule has 21 heavy (non-hydrogen) atoms. The van der Waals surface area contributed by atoms with Crippen molar-refractivity contribution in [3.8, 4) is 0 Å². The standard InChI is InChI=1S/C18H28FNS/c1-4-20-17(15-10-9-13(2)14(3)11-15)12-21-18-8-6-5-7-16(18)19/h5-8,13-15,17,20H,4,9-12H2,1-3H3. The molecule has 0 amide bonds. The maximum Gasteiger partial charge on any atom is 0.136 e. The SMILES string of the molecule is CCNC(CSc1ccccc1F)C1CCC(C)C(C)C1. The van der Waals surface area contributed by atoms with Gasteiger partial charge in [0.25, 0.3) is 0 Å². The Balaban J connectivity index is 1.94. The Bertz CT molecular complexity index is 437. The molecular weight excluding hydrogens is 281 g/mol. The maximum absolute atomic E-state index is 13.7. The predicted molar refractivity (Wildman–Crippen MR) is 90.3 cm³/mol. The first-order valence-corrected chi connectivity index (χ1v) is 9.21. The summed E-state index contributed by atoms with van der Waals surface area (Å²) >= 11 is 1.65. The second-order valence-electron chi connectivity index (χ2n) is 6.43. The molecule has 0 heterocycles. The van der Waals surface area contributed by atoms with E-state index in [-0.39, 0.29) is 5.82 Å². The summed E-state index contributed by atoms with van der Waals surface area (Å²) in [5.41, 5.74) is 0. The van der Waals surface area contributed by atoms with E-state index in [9.17, 15) is 4.39 Å². The van der Waals surface area contributed by atoms with Crippen molar-refractivity contribution < 1.29 is 4.39 Å². The lowest BCUT2D eigenvalue weighted by molar-refractivity contribution is 0.179. The van der Waals surface area contributed by atoms with Crippen molar-refractivity contribution in [2.24, 2.45) is 17.8 Å². The number of benzene rings is 1. The largest absolute Gasteiger partial charge is 0.313 e. The Kier molecular flexibility index (Phi) is 6.56. The first-order valence-electron chi connectivity index (χ1n) is 8.22. The van der Waals surface area contributed by atoms with Crippen molar-refractivity contribution >= 4 is 11.8 Å². The monoisotopic (exact) mass is 309 g/mol. The minimum absolute atomic E-state index is 0.0941. The number of hydrogen-bond donors (Lipinski definition) is 1. The Labute approximate surface area is 133 Å². The number of rotatable bonds is 6. The van der Waals surface area contributed by atoms with Crippen LogP contribution in [0.1, 0.15) is 40.0 Å². The summed E-state index contributed by atoms with van der Waals surface area (Å²) in [6.07, 6.45) is 3.94. The Morgan fingerprint density at radius 1 is 1.24 bits per heavy atom. The molecule has 0 bridgehead atoms. The van der Waals surface area contributed by atoms with Crippen molar-refractivity contribution in [1.82, 2.24) is 5.32 Å². The van der Waals surface area contributed by atoms with E-state index in [1.807, 2.05) is 12.1 Å². The molecule has 118 valence electrons. The molecule has 2 rings (SSSR count). The van der Waals surface area contributed by atoms with E-state index in [1.165, 1.54) is 19.3 Å². The second-order valence-corrected chi connectivity index (χ2v) is 7.50. The van der Waals surface area contributed by atoms with Crippen LogP contribution >= 0.6 is 11.8 Å². The first-order chi connectivity index (χ1) is 10.1.